The third-order valence-corrected chi connectivity index (χ3v) is 5.97. The maximum absolute atomic E-state index is 14.7. The molecular weight excluding hydrogens is 456 g/mol. The molecule has 31 heavy (non-hydrogen) atoms. The van der Waals surface area contributed by atoms with Gasteiger partial charge in [0.25, 0.3) is 11.8 Å². The van der Waals surface area contributed by atoms with E-state index < -0.39 is 29.7 Å². The number of ether oxygens (including phenoxy) is 2. The van der Waals surface area contributed by atoms with E-state index in [9.17, 15) is 23.2 Å². The van der Waals surface area contributed by atoms with Crippen LogP contribution in [0.4, 0.5) is 25.0 Å². The van der Waals surface area contributed by atoms with Gasteiger partial charge in [0.2, 0.25) is 0 Å². The smallest absolute Gasteiger partial charge is 0.414 e. The van der Waals surface area contributed by atoms with Crippen LogP contribution in [-0.2, 0) is 14.3 Å². The predicted octanol–water partition coefficient (Wildman–Crippen LogP) is 2.80. The molecular formula is C19H16ClF2N3O5S. The Balaban J connectivity index is 1.44. The van der Waals surface area contributed by atoms with E-state index in [1.54, 1.807) is 12.1 Å². The lowest BCUT2D eigenvalue weighted by Crippen LogP contribution is -2.42. The van der Waals surface area contributed by atoms with Gasteiger partial charge in [0.05, 0.1) is 40.3 Å². The first-order valence-corrected chi connectivity index (χ1v) is 10.4. The minimum absolute atomic E-state index is 0.0128. The number of thiophene rings is 1. The number of rotatable bonds is 5. The Kier molecular flexibility index (Phi) is 6.08. The molecule has 0 saturated carbocycles. The Bertz CT molecular complexity index is 1050. The van der Waals surface area contributed by atoms with Gasteiger partial charge in [-0.15, -0.1) is 11.3 Å². The molecule has 4 rings (SSSR count). The molecule has 2 aliphatic rings. The van der Waals surface area contributed by atoms with Crippen molar-refractivity contribution >= 4 is 52.2 Å². The minimum atomic E-state index is -0.884. The molecule has 3 heterocycles. The third kappa shape index (κ3) is 4.48. The quantitative estimate of drug-likeness (QED) is 0.724. The lowest BCUT2D eigenvalue weighted by atomic mass is 10.2. The van der Waals surface area contributed by atoms with Crippen molar-refractivity contribution in [2.75, 3.05) is 42.6 Å². The molecule has 0 unspecified atom stereocenters. The van der Waals surface area contributed by atoms with Gasteiger partial charge in [0.15, 0.2) is 0 Å². The summed E-state index contributed by atoms with van der Waals surface area (Å²) in [5, 5.41) is 2.61. The van der Waals surface area contributed by atoms with E-state index in [-0.39, 0.29) is 50.1 Å². The highest BCUT2D eigenvalue weighted by Gasteiger charge is 2.35. The van der Waals surface area contributed by atoms with Crippen molar-refractivity contribution in [3.63, 3.8) is 0 Å². The number of morpholine rings is 1. The number of nitrogens with zero attached hydrogens (tertiary/aromatic N) is 2. The van der Waals surface area contributed by atoms with Crippen LogP contribution in [0, 0.1) is 11.6 Å². The number of hydrogen-bond donors (Lipinski definition) is 1. The van der Waals surface area contributed by atoms with Gasteiger partial charge >= 0.3 is 6.09 Å². The van der Waals surface area contributed by atoms with Gasteiger partial charge in [0, 0.05) is 18.7 Å². The van der Waals surface area contributed by atoms with Gasteiger partial charge in [-0.05, 0) is 12.1 Å². The highest BCUT2D eigenvalue weighted by Crippen LogP contribution is 2.31. The van der Waals surface area contributed by atoms with Crippen LogP contribution < -0.4 is 15.1 Å². The molecule has 2 fully saturated rings. The van der Waals surface area contributed by atoms with Crippen LogP contribution in [0.15, 0.2) is 24.3 Å². The molecule has 12 heteroatoms. The number of nitrogens with one attached hydrogen (secondary N) is 1. The van der Waals surface area contributed by atoms with Gasteiger partial charge in [-0.2, -0.15) is 0 Å². The molecule has 0 bridgehead atoms. The number of hydrogen-bond acceptors (Lipinski definition) is 6. The number of halogens is 3. The van der Waals surface area contributed by atoms with Crippen molar-refractivity contribution in [3.8, 4) is 0 Å². The maximum Gasteiger partial charge on any atom is 0.414 e. The van der Waals surface area contributed by atoms with Crippen LogP contribution in [-0.4, -0.2) is 56.9 Å². The topological polar surface area (TPSA) is 88.2 Å². The van der Waals surface area contributed by atoms with Crippen LogP contribution in [0.1, 0.15) is 9.67 Å². The number of amides is 3. The van der Waals surface area contributed by atoms with Gasteiger partial charge in [-0.3, -0.25) is 14.5 Å². The second-order valence-corrected chi connectivity index (χ2v) is 8.50. The fourth-order valence-corrected chi connectivity index (χ4v) is 4.23. The summed E-state index contributed by atoms with van der Waals surface area (Å²) in [6.45, 7) is -0.0144. The molecule has 3 amide bonds. The molecule has 1 aromatic carbocycles. The standard InChI is InChI=1S/C19H16ClF2N3O5S/c20-16-2-1-15(31-16)18(27)23-7-10-8-25(19(28)30-10)14-6-11(21)13(5-12(14)22)24-3-4-29-9-17(24)26/h1-2,5-6,10H,3-4,7-9H2,(H,23,27)/t10-/m0/s1. The number of carbonyl (C=O) groups is 3. The summed E-state index contributed by atoms with van der Waals surface area (Å²) in [6.07, 6.45) is -1.62. The molecule has 0 spiro atoms. The highest BCUT2D eigenvalue weighted by atomic mass is 35.5. The molecule has 164 valence electrons. The fourth-order valence-electron chi connectivity index (χ4n) is 3.27. The number of benzene rings is 1. The van der Waals surface area contributed by atoms with Crippen molar-refractivity contribution in [3.05, 3.63) is 45.1 Å². The van der Waals surface area contributed by atoms with Crippen molar-refractivity contribution in [2.24, 2.45) is 0 Å². The molecule has 0 radical (unpaired) electrons. The van der Waals surface area contributed by atoms with E-state index >= 15 is 0 Å². The van der Waals surface area contributed by atoms with Crippen molar-refractivity contribution in [1.29, 1.82) is 0 Å². The zero-order valence-electron chi connectivity index (χ0n) is 15.9. The third-order valence-electron chi connectivity index (χ3n) is 4.75. The normalized spacial score (nSPS) is 19.0. The SMILES string of the molecule is O=C(NC[C@H]1CN(c2cc(F)c(N3CCOCC3=O)cc2F)C(=O)O1)c1ccc(Cl)s1. The summed E-state index contributed by atoms with van der Waals surface area (Å²) < 4.78 is 40.0. The van der Waals surface area contributed by atoms with Gasteiger partial charge in [-0.25, -0.2) is 13.6 Å². The lowest BCUT2D eigenvalue weighted by molar-refractivity contribution is -0.125. The van der Waals surface area contributed by atoms with E-state index in [1.807, 2.05) is 0 Å². The monoisotopic (exact) mass is 471 g/mol. The zero-order valence-corrected chi connectivity index (χ0v) is 17.5. The van der Waals surface area contributed by atoms with Gasteiger partial charge in [-0.1, -0.05) is 11.6 Å². The molecule has 0 aliphatic carbocycles. The van der Waals surface area contributed by atoms with Crippen LogP contribution in [0.25, 0.3) is 0 Å². The van der Waals surface area contributed by atoms with Crippen LogP contribution in [0.5, 0.6) is 0 Å². The molecule has 2 aliphatic heterocycles. The summed E-state index contributed by atoms with van der Waals surface area (Å²) in [4.78, 5) is 38.7. The molecule has 2 aromatic rings. The molecule has 1 atom stereocenters. The largest absolute Gasteiger partial charge is 0.442 e. The Morgan fingerprint density at radius 1 is 1.19 bits per heavy atom. The first-order valence-electron chi connectivity index (χ1n) is 9.22. The van der Waals surface area contributed by atoms with Crippen LogP contribution >= 0.6 is 22.9 Å². The van der Waals surface area contributed by atoms with Crippen LogP contribution in [0.3, 0.4) is 0 Å². The average Bonchev–Trinajstić information content (AvgIpc) is 3.33. The molecule has 2 saturated heterocycles. The van der Waals surface area contributed by atoms with E-state index in [1.165, 1.54) is 0 Å². The summed E-state index contributed by atoms with van der Waals surface area (Å²) in [5.74, 6) is -2.61. The predicted molar refractivity (Wildman–Crippen MR) is 109 cm³/mol. The summed E-state index contributed by atoms with van der Waals surface area (Å²) in [7, 11) is 0. The number of anilines is 2. The van der Waals surface area contributed by atoms with Crippen molar-refractivity contribution < 1.29 is 32.6 Å². The maximum atomic E-state index is 14.7. The molecule has 1 N–H and O–H groups in total. The second-order valence-electron chi connectivity index (χ2n) is 6.78. The zero-order chi connectivity index (χ0) is 22.1. The highest BCUT2D eigenvalue weighted by molar-refractivity contribution is 7.18. The van der Waals surface area contributed by atoms with Crippen molar-refractivity contribution in [2.45, 2.75) is 6.10 Å². The first-order chi connectivity index (χ1) is 14.8. The van der Waals surface area contributed by atoms with Gasteiger partial charge < -0.3 is 19.7 Å². The number of carbonyl (C=O) groups excluding carboxylic acids is 3. The van der Waals surface area contributed by atoms with Gasteiger partial charge in [0.1, 0.15) is 24.3 Å². The Morgan fingerprint density at radius 2 is 1.90 bits per heavy atom. The first kappa shape index (κ1) is 21.5. The summed E-state index contributed by atoms with van der Waals surface area (Å²) in [5.41, 5.74) is -0.536. The fraction of sp³-hybridized carbons (Fsp3) is 0.316. The van der Waals surface area contributed by atoms with E-state index in [4.69, 9.17) is 21.1 Å². The molecule has 1 aromatic heterocycles. The second kappa shape index (κ2) is 8.77. The minimum Gasteiger partial charge on any atom is -0.442 e. The van der Waals surface area contributed by atoms with E-state index in [0.29, 0.717) is 9.21 Å². The molecule has 8 nitrogen and oxygen atoms in total. The number of cyclic esters (lactones) is 1. The van der Waals surface area contributed by atoms with E-state index in [0.717, 1.165) is 33.3 Å². The van der Waals surface area contributed by atoms with E-state index in [2.05, 4.69) is 5.32 Å². The Labute approximate surface area is 184 Å². The lowest BCUT2D eigenvalue weighted by Gasteiger charge is -2.27. The van der Waals surface area contributed by atoms with Crippen LogP contribution in [0.2, 0.25) is 4.34 Å². The average molecular weight is 472 g/mol. The summed E-state index contributed by atoms with van der Waals surface area (Å²) in [6, 6.07) is 4.87. The Morgan fingerprint density at radius 3 is 2.55 bits per heavy atom. The summed E-state index contributed by atoms with van der Waals surface area (Å²) >= 11 is 6.90. The van der Waals surface area contributed by atoms with Crippen molar-refractivity contribution in [1.82, 2.24) is 5.32 Å². The Hall–Kier alpha value is -2.76.